The van der Waals surface area contributed by atoms with Crippen molar-refractivity contribution in [2.75, 3.05) is 0 Å². The minimum absolute atomic E-state index is 0.0447. The molecule has 1 spiro atoms. The predicted molar refractivity (Wildman–Crippen MR) is 233 cm³/mol. The average molecular weight is 735 g/mol. The van der Waals surface area contributed by atoms with Crippen LogP contribution in [0.15, 0.2) is 158 Å². The van der Waals surface area contributed by atoms with Gasteiger partial charge in [0.25, 0.3) is 0 Å². The number of hydrogen-bond acceptors (Lipinski definition) is 3. The number of hydrogen-bond donors (Lipinski definition) is 0. The normalized spacial score (nSPS) is 21.0. The van der Waals surface area contributed by atoms with Gasteiger partial charge in [-0.3, -0.25) is 0 Å². The number of rotatable bonds is 4. The van der Waals surface area contributed by atoms with E-state index in [2.05, 4.69) is 133 Å². The fraction of sp³-hybridized carbons (Fsp3) is 0.189. The maximum absolute atomic E-state index is 5.14. The van der Waals surface area contributed by atoms with Crippen molar-refractivity contribution in [3.63, 3.8) is 0 Å². The molecule has 2 aromatic heterocycles. The third kappa shape index (κ3) is 4.89. The van der Waals surface area contributed by atoms with E-state index in [9.17, 15) is 0 Å². The standard InChI is InChI=1S/C53H42N4/c1-33-29-34-27-28-53(39(30-33)31-34)45-22-11-10-21-44(45)47-46(53)26-25-43-42-24-23-35-13-8-9-20-41(35)48(42)57(49(43)47)40-19-12-18-38(32-40)52-55-50(36-14-4-2-5-15-36)54-51(56-52)37-16-6-3-7-17-37/h2-26,32-34,39H,27-31H2,1H3. The van der Waals surface area contributed by atoms with Crippen LogP contribution in [0.1, 0.15) is 50.2 Å². The van der Waals surface area contributed by atoms with Crippen LogP contribution in [-0.4, -0.2) is 19.5 Å². The molecule has 2 fully saturated rings. The van der Waals surface area contributed by atoms with E-state index in [1.54, 1.807) is 5.56 Å². The molecule has 0 amide bonds. The Morgan fingerprint density at radius 2 is 1.18 bits per heavy atom. The highest BCUT2D eigenvalue weighted by molar-refractivity contribution is 6.22. The number of benzene rings is 7. The first-order chi connectivity index (χ1) is 28.1. The summed E-state index contributed by atoms with van der Waals surface area (Å²) in [6.45, 7) is 2.50. The van der Waals surface area contributed by atoms with Gasteiger partial charge >= 0.3 is 0 Å². The molecular formula is C53H42N4. The van der Waals surface area contributed by atoms with Crippen molar-refractivity contribution in [3.8, 4) is 51.0 Å². The minimum atomic E-state index is 0.0447. The Hall–Kier alpha value is -6.39. The molecule has 4 nitrogen and oxygen atoms in total. The fourth-order valence-electron chi connectivity index (χ4n) is 11.5. The summed E-state index contributed by atoms with van der Waals surface area (Å²) in [6.07, 6.45) is 6.58. The van der Waals surface area contributed by atoms with Gasteiger partial charge in [0.2, 0.25) is 0 Å². The highest BCUT2D eigenvalue weighted by Gasteiger charge is 2.53. The first-order valence-corrected chi connectivity index (χ1v) is 20.7. The Balaban J connectivity index is 1.14. The lowest BCUT2D eigenvalue weighted by atomic mass is 9.53. The molecule has 4 atom stereocenters. The van der Waals surface area contributed by atoms with Crippen molar-refractivity contribution in [2.45, 2.75) is 44.4 Å². The Labute approximate surface area is 332 Å². The van der Waals surface area contributed by atoms with E-state index < -0.39 is 0 Å². The largest absolute Gasteiger partial charge is 0.308 e. The van der Waals surface area contributed by atoms with Crippen molar-refractivity contribution < 1.29 is 0 Å². The molecule has 0 aliphatic heterocycles. The SMILES string of the molecule is CC1CC2CCC3(c4ccccc4-c4c3ccc3c5ccc6ccccc6c5n(-c5cccc(-c6nc(-c7ccccc7)nc(-c7ccccc7)n6)c5)c43)C(C1)C2. The average Bonchev–Trinajstić information content (AvgIpc) is 3.76. The molecule has 2 heterocycles. The van der Waals surface area contributed by atoms with Gasteiger partial charge in [-0.05, 0) is 84.1 Å². The van der Waals surface area contributed by atoms with Crippen LogP contribution in [0, 0.1) is 17.8 Å². The number of aromatic nitrogens is 4. The van der Waals surface area contributed by atoms with Crippen LogP contribution in [0.3, 0.4) is 0 Å². The lowest BCUT2D eigenvalue weighted by Gasteiger charge is -2.50. The van der Waals surface area contributed by atoms with Gasteiger partial charge in [0, 0.05) is 49.5 Å². The third-order valence-electron chi connectivity index (χ3n) is 13.7. The lowest BCUT2D eigenvalue weighted by Crippen LogP contribution is -2.44. The van der Waals surface area contributed by atoms with E-state index in [0.717, 1.165) is 34.2 Å². The summed E-state index contributed by atoms with van der Waals surface area (Å²) in [5.74, 6) is 4.27. The fourth-order valence-corrected chi connectivity index (χ4v) is 11.5. The van der Waals surface area contributed by atoms with Gasteiger partial charge in [0.15, 0.2) is 17.5 Å². The van der Waals surface area contributed by atoms with E-state index in [4.69, 9.17) is 15.0 Å². The van der Waals surface area contributed by atoms with Crippen LogP contribution in [0.4, 0.5) is 0 Å². The Bertz CT molecular complexity index is 2980. The Morgan fingerprint density at radius 3 is 1.96 bits per heavy atom. The van der Waals surface area contributed by atoms with Gasteiger partial charge < -0.3 is 4.57 Å². The highest BCUT2D eigenvalue weighted by atomic mass is 15.0. The smallest absolute Gasteiger partial charge is 0.164 e. The molecule has 0 N–H and O–H groups in total. The summed E-state index contributed by atoms with van der Waals surface area (Å²) in [4.78, 5) is 15.3. The molecule has 12 rings (SSSR count). The maximum atomic E-state index is 5.14. The quantitative estimate of drug-likeness (QED) is 0.181. The topological polar surface area (TPSA) is 43.6 Å². The van der Waals surface area contributed by atoms with Crippen molar-refractivity contribution >= 4 is 32.6 Å². The summed E-state index contributed by atoms with van der Waals surface area (Å²) in [5, 5.41) is 5.08. The zero-order valence-corrected chi connectivity index (χ0v) is 32.1. The van der Waals surface area contributed by atoms with Crippen molar-refractivity contribution in [1.82, 2.24) is 19.5 Å². The molecule has 0 saturated heterocycles. The van der Waals surface area contributed by atoms with Gasteiger partial charge in [-0.1, -0.05) is 153 Å². The van der Waals surface area contributed by atoms with Gasteiger partial charge in [-0.25, -0.2) is 15.0 Å². The van der Waals surface area contributed by atoms with E-state index in [1.165, 1.54) is 81.4 Å². The summed E-state index contributed by atoms with van der Waals surface area (Å²) in [6, 6.07) is 57.3. The van der Waals surface area contributed by atoms with Gasteiger partial charge in [0.1, 0.15) is 0 Å². The van der Waals surface area contributed by atoms with Crippen LogP contribution in [0.5, 0.6) is 0 Å². The second kappa shape index (κ2) is 12.6. The summed E-state index contributed by atoms with van der Waals surface area (Å²) in [7, 11) is 0. The van der Waals surface area contributed by atoms with E-state index in [1.807, 2.05) is 36.4 Å². The first kappa shape index (κ1) is 32.8. The minimum Gasteiger partial charge on any atom is -0.308 e. The second-order valence-electron chi connectivity index (χ2n) is 16.9. The van der Waals surface area contributed by atoms with Crippen molar-refractivity contribution in [2.24, 2.45) is 17.8 Å². The molecule has 2 bridgehead atoms. The first-order valence-electron chi connectivity index (χ1n) is 20.7. The molecule has 274 valence electrons. The van der Waals surface area contributed by atoms with Gasteiger partial charge in [-0.2, -0.15) is 0 Å². The molecule has 9 aromatic rings. The molecular weight excluding hydrogens is 693 g/mol. The molecule has 3 aliphatic carbocycles. The van der Waals surface area contributed by atoms with Gasteiger partial charge in [-0.15, -0.1) is 0 Å². The monoisotopic (exact) mass is 734 g/mol. The second-order valence-corrected chi connectivity index (χ2v) is 16.9. The molecule has 4 unspecified atom stereocenters. The van der Waals surface area contributed by atoms with Crippen LogP contribution in [0.2, 0.25) is 0 Å². The predicted octanol–water partition coefficient (Wildman–Crippen LogP) is 13.2. The van der Waals surface area contributed by atoms with E-state index >= 15 is 0 Å². The van der Waals surface area contributed by atoms with Crippen LogP contribution in [0.25, 0.3) is 83.6 Å². The molecule has 4 heteroatoms. The van der Waals surface area contributed by atoms with Gasteiger partial charge in [0.05, 0.1) is 11.0 Å². The Kier molecular flexibility index (Phi) is 7.23. The van der Waals surface area contributed by atoms with Crippen LogP contribution < -0.4 is 0 Å². The van der Waals surface area contributed by atoms with Crippen molar-refractivity contribution in [1.29, 1.82) is 0 Å². The molecule has 7 aromatic carbocycles. The van der Waals surface area contributed by atoms with Crippen molar-refractivity contribution in [3.05, 3.63) is 169 Å². The van der Waals surface area contributed by atoms with Crippen LogP contribution in [-0.2, 0) is 5.41 Å². The van der Waals surface area contributed by atoms with E-state index in [-0.39, 0.29) is 5.41 Å². The number of fused-ring (bicyclic) bond motifs is 14. The highest BCUT2D eigenvalue weighted by Crippen LogP contribution is 2.64. The zero-order valence-electron chi connectivity index (χ0n) is 32.1. The summed E-state index contributed by atoms with van der Waals surface area (Å²) >= 11 is 0. The third-order valence-corrected chi connectivity index (χ3v) is 13.7. The lowest BCUT2D eigenvalue weighted by molar-refractivity contribution is 0.0856. The maximum Gasteiger partial charge on any atom is 0.164 e. The zero-order chi connectivity index (χ0) is 37.7. The van der Waals surface area contributed by atoms with E-state index in [0.29, 0.717) is 23.4 Å². The summed E-state index contributed by atoms with van der Waals surface area (Å²) in [5.41, 5.74) is 12.5. The molecule has 3 aliphatic rings. The Morgan fingerprint density at radius 1 is 0.526 bits per heavy atom. The number of nitrogens with zero attached hydrogens (tertiary/aromatic N) is 4. The van der Waals surface area contributed by atoms with Crippen LogP contribution >= 0.6 is 0 Å². The summed E-state index contributed by atoms with van der Waals surface area (Å²) < 4.78 is 2.58. The molecule has 2 saturated carbocycles. The molecule has 57 heavy (non-hydrogen) atoms. The molecule has 0 radical (unpaired) electrons.